The maximum absolute atomic E-state index is 14.0. The molecule has 0 unspecified atom stereocenters. The third kappa shape index (κ3) is 8.60. The van der Waals surface area contributed by atoms with Crippen LogP contribution in [-0.2, 0) is 32.6 Å². The molecule has 3 aromatic rings. The molecule has 3 aromatic carbocycles. The highest BCUT2D eigenvalue weighted by Gasteiger charge is 2.33. The SMILES string of the molecule is CCCNC(=O)[C@H](Cc1ccccc1)N(Cc1c(Cl)cccc1Cl)C(=O)CN(c1ccc(Cl)cc1)S(C)(=O)=O. The van der Waals surface area contributed by atoms with Gasteiger partial charge in [0, 0.05) is 40.1 Å². The van der Waals surface area contributed by atoms with Crippen LogP contribution < -0.4 is 9.62 Å². The van der Waals surface area contributed by atoms with E-state index >= 15 is 0 Å². The number of anilines is 1. The molecule has 0 radical (unpaired) electrons. The van der Waals surface area contributed by atoms with Gasteiger partial charge in [-0.25, -0.2) is 8.42 Å². The molecule has 11 heteroatoms. The minimum atomic E-state index is -3.88. The Morgan fingerprint density at radius 2 is 1.51 bits per heavy atom. The summed E-state index contributed by atoms with van der Waals surface area (Å²) in [6.45, 7) is 1.69. The molecule has 0 aliphatic heterocycles. The molecule has 0 fully saturated rings. The maximum atomic E-state index is 14.0. The van der Waals surface area contributed by atoms with Gasteiger partial charge in [0.1, 0.15) is 12.6 Å². The van der Waals surface area contributed by atoms with Gasteiger partial charge in [-0.3, -0.25) is 13.9 Å². The van der Waals surface area contributed by atoms with Gasteiger partial charge < -0.3 is 10.2 Å². The Bertz CT molecular complexity index is 1370. The lowest BCUT2D eigenvalue weighted by molar-refractivity contribution is -0.140. The van der Waals surface area contributed by atoms with Crippen LogP contribution >= 0.6 is 34.8 Å². The predicted molar refractivity (Wildman–Crippen MR) is 158 cm³/mol. The molecule has 0 saturated heterocycles. The highest BCUT2D eigenvalue weighted by molar-refractivity contribution is 7.92. The van der Waals surface area contributed by atoms with E-state index in [2.05, 4.69) is 5.32 Å². The van der Waals surface area contributed by atoms with Gasteiger partial charge in [0.25, 0.3) is 0 Å². The number of carbonyl (C=O) groups is 2. The van der Waals surface area contributed by atoms with Crippen molar-refractivity contribution in [2.45, 2.75) is 32.4 Å². The van der Waals surface area contributed by atoms with Crippen LogP contribution in [0.3, 0.4) is 0 Å². The van der Waals surface area contributed by atoms with Gasteiger partial charge in [-0.1, -0.05) is 78.1 Å². The fourth-order valence-corrected chi connectivity index (χ4v) is 5.49. The van der Waals surface area contributed by atoms with Gasteiger partial charge in [-0.15, -0.1) is 0 Å². The van der Waals surface area contributed by atoms with Crippen LogP contribution in [0.5, 0.6) is 0 Å². The molecule has 0 aliphatic carbocycles. The Morgan fingerprint density at radius 3 is 2.08 bits per heavy atom. The summed E-state index contributed by atoms with van der Waals surface area (Å²) < 4.78 is 26.5. The minimum Gasteiger partial charge on any atom is -0.354 e. The van der Waals surface area contributed by atoms with Crippen LogP contribution in [0.2, 0.25) is 15.1 Å². The number of nitrogens with zero attached hydrogens (tertiary/aromatic N) is 2. The van der Waals surface area contributed by atoms with Crippen molar-refractivity contribution in [3.05, 3.63) is 99.0 Å². The fourth-order valence-electron chi connectivity index (χ4n) is 3.99. The van der Waals surface area contributed by atoms with E-state index in [0.29, 0.717) is 33.6 Å². The summed E-state index contributed by atoms with van der Waals surface area (Å²) in [7, 11) is -3.88. The molecular weight excluding hydrogens is 581 g/mol. The summed E-state index contributed by atoms with van der Waals surface area (Å²) in [6.07, 6.45) is 1.91. The lowest BCUT2D eigenvalue weighted by Gasteiger charge is -2.34. The first kappa shape index (κ1) is 30.8. The first-order valence-electron chi connectivity index (χ1n) is 12.3. The molecule has 3 rings (SSSR count). The summed E-state index contributed by atoms with van der Waals surface area (Å²) >= 11 is 18.9. The van der Waals surface area contributed by atoms with Crippen molar-refractivity contribution < 1.29 is 18.0 Å². The number of benzene rings is 3. The molecule has 0 spiro atoms. The van der Waals surface area contributed by atoms with Crippen LogP contribution in [0.1, 0.15) is 24.5 Å². The van der Waals surface area contributed by atoms with E-state index in [4.69, 9.17) is 34.8 Å². The second-order valence-corrected chi connectivity index (χ2v) is 12.1. The van der Waals surface area contributed by atoms with E-state index in [9.17, 15) is 18.0 Å². The number of amides is 2. The van der Waals surface area contributed by atoms with Crippen LogP contribution in [0, 0.1) is 0 Å². The molecule has 2 amide bonds. The van der Waals surface area contributed by atoms with Crippen LogP contribution in [-0.4, -0.2) is 50.5 Å². The van der Waals surface area contributed by atoms with Gasteiger partial charge in [-0.2, -0.15) is 0 Å². The molecule has 208 valence electrons. The summed E-state index contributed by atoms with van der Waals surface area (Å²) in [5, 5.41) is 3.95. The van der Waals surface area contributed by atoms with E-state index < -0.39 is 28.5 Å². The number of carbonyl (C=O) groups excluding carboxylic acids is 2. The standard InChI is InChI=1S/C28H30Cl3N3O4S/c1-3-16-32-28(36)26(17-20-8-5-4-6-9-20)33(18-23-24(30)10-7-11-25(23)31)27(35)19-34(39(2,37)38)22-14-12-21(29)13-15-22/h4-15,26H,3,16-19H2,1-2H3,(H,32,36)/t26-/m0/s1. The Balaban J connectivity index is 2.08. The average Bonchev–Trinajstić information content (AvgIpc) is 2.89. The second kappa shape index (κ2) is 14.0. The zero-order chi connectivity index (χ0) is 28.6. The van der Waals surface area contributed by atoms with Crippen LogP contribution in [0.25, 0.3) is 0 Å². The molecule has 7 nitrogen and oxygen atoms in total. The number of hydrogen-bond donors (Lipinski definition) is 1. The summed E-state index contributed by atoms with van der Waals surface area (Å²) in [6, 6.07) is 19.4. The van der Waals surface area contributed by atoms with Gasteiger partial charge in [0.2, 0.25) is 21.8 Å². The lowest BCUT2D eigenvalue weighted by Crippen LogP contribution is -2.53. The van der Waals surface area contributed by atoms with Crippen molar-refractivity contribution in [2.24, 2.45) is 0 Å². The minimum absolute atomic E-state index is 0.105. The number of hydrogen-bond acceptors (Lipinski definition) is 4. The molecule has 0 aliphatic rings. The molecule has 1 atom stereocenters. The molecule has 0 heterocycles. The van der Waals surface area contributed by atoms with E-state index in [0.717, 1.165) is 16.1 Å². The Labute approximate surface area is 244 Å². The van der Waals surface area contributed by atoms with Gasteiger partial charge in [0.15, 0.2) is 0 Å². The summed E-state index contributed by atoms with van der Waals surface area (Å²) in [5.41, 5.74) is 1.55. The first-order chi connectivity index (χ1) is 18.5. The number of halogens is 3. The van der Waals surface area contributed by atoms with Gasteiger partial charge in [-0.05, 0) is 48.4 Å². The van der Waals surface area contributed by atoms with E-state index in [-0.39, 0.29) is 24.6 Å². The monoisotopic (exact) mass is 609 g/mol. The smallest absolute Gasteiger partial charge is 0.244 e. The second-order valence-electron chi connectivity index (χ2n) is 8.96. The first-order valence-corrected chi connectivity index (χ1v) is 15.3. The maximum Gasteiger partial charge on any atom is 0.244 e. The van der Waals surface area contributed by atoms with E-state index in [1.54, 1.807) is 18.2 Å². The van der Waals surface area contributed by atoms with Crippen molar-refractivity contribution in [3.8, 4) is 0 Å². The molecule has 1 N–H and O–H groups in total. The molecule has 39 heavy (non-hydrogen) atoms. The van der Waals surface area contributed by atoms with Crippen LogP contribution in [0.4, 0.5) is 5.69 Å². The zero-order valence-corrected chi connectivity index (χ0v) is 24.7. The Kier molecular flexibility index (Phi) is 11.1. The third-order valence-electron chi connectivity index (χ3n) is 6.00. The third-order valence-corrected chi connectivity index (χ3v) is 8.11. The van der Waals surface area contributed by atoms with Crippen molar-refractivity contribution in [1.82, 2.24) is 10.2 Å². The Hall–Kier alpha value is -2.78. The van der Waals surface area contributed by atoms with Crippen molar-refractivity contribution in [3.63, 3.8) is 0 Å². The average molecular weight is 611 g/mol. The van der Waals surface area contributed by atoms with E-state index in [1.165, 1.54) is 29.2 Å². The quantitative estimate of drug-likeness (QED) is 0.290. The number of sulfonamides is 1. The van der Waals surface area contributed by atoms with Crippen molar-refractivity contribution in [1.29, 1.82) is 0 Å². The van der Waals surface area contributed by atoms with Crippen molar-refractivity contribution in [2.75, 3.05) is 23.7 Å². The Morgan fingerprint density at radius 1 is 0.897 bits per heavy atom. The normalized spacial score (nSPS) is 12.0. The molecule has 0 saturated carbocycles. The fraction of sp³-hybridized carbons (Fsp3) is 0.286. The summed E-state index contributed by atoms with van der Waals surface area (Å²) in [4.78, 5) is 28.8. The highest BCUT2D eigenvalue weighted by atomic mass is 35.5. The van der Waals surface area contributed by atoms with Crippen molar-refractivity contribution >= 4 is 62.3 Å². The van der Waals surface area contributed by atoms with Gasteiger partial charge >= 0.3 is 0 Å². The number of nitrogens with one attached hydrogen (secondary N) is 1. The lowest BCUT2D eigenvalue weighted by atomic mass is 10.0. The summed E-state index contributed by atoms with van der Waals surface area (Å²) in [5.74, 6) is -0.964. The topological polar surface area (TPSA) is 86.8 Å². The molecule has 0 bridgehead atoms. The van der Waals surface area contributed by atoms with Gasteiger partial charge in [0.05, 0.1) is 11.9 Å². The molecule has 0 aromatic heterocycles. The highest BCUT2D eigenvalue weighted by Crippen LogP contribution is 2.28. The van der Waals surface area contributed by atoms with Crippen LogP contribution in [0.15, 0.2) is 72.8 Å². The number of rotatable bonds is 12. The zero-order valence-electron chi connectivity index (χ0n) is 21.6. The largest absolute Gasteiger partial charge is 0.354 e. The predicted octanol–water partition coefficient (Wildman–Crippen LogP) is 5.58. The van der Waals surface area contributed by atoms with E-state index in [1.807, 2.05) is 37.3 Å². The molecular formula is C28H30Cl3N3O4S.